The average Bonchev–Trinajstić information content (AvgIpc) is 3.17. The van der Waals surface area contributed by atoms with Crippen molar-refractivity contribution >= 4 is 17.7 Å². The van der Waals surface area contributed by atoms with Crippen molar-refractivity contribution in [1.82, 2.24) is 15.0 Å². The van der Waals surface area contributed by atoms with Crippen molar-refractivity contribution in [2.75, 3.05) is 14.2 Å². The van der Waals surface area contributed by atoms with Crippen molar-refractivity contribution < 1.29 is 27.6 Å². The van der Waals surface area contributed by atoms with Gasteiger partial charge in [-0.15, -0.1) is 0 Å². The fourth-order valence-corrected chi connectivity index (χ4v) is 3.72. The SMILES string of the molecule is COc1cc(CN(C)C(=O)c2cccnc2SCc2cc(C)on2)ccc1OC(F)F. The van der Waals surface area contributed by atoms with Crippen LogP contribution in [0.2, 0.25) is 0 Å². The van der Waals surface area contributed by atoms with Gasteiger partial charge in [-0.05, 0) is 36.8 Å². The lowest BCUT2D eigenvalue weighted by molar-refractivity contribution is -0.0512. The zero-order valence-corrected chi connectivity index (χ0v) is 18.0. The Labute approximate surface area is 182 Å². The predicted molar refractivity (Wildman–Crippen MR) is 110 cm³/mol. The Balaban J connectivity index is 1.71. The Morgan fingerprint density at radius 3 is 2.74 bits per heavy atom. The first-order valence-electron chi connectivity index (χ1n) is 9.24. The number of alkyl halides is 2. The maximum atomic E-state index is 13.0. The third kappa shape index (κ3) is 5.94. The summed E-state index contributed by atoms with van der Waals surface area (Å²) in [5.74, 6) is 1.11. The molecular formula is C21H21F2N3O4S. The number of aryl methyl sites for hydroxylation is 1. The van der Waals surface area contributed by atoms with E-state index in [-0.39, 0.29) is 24.0 Å². The summed E-state index contributed by atoms with van der Waals surface area (Å²) in [6, 6.07) is 9.80. The first kappa shape index (κ1) is 22.5. The molecule has 0 radical (unpaired) electrons. The number of hydrogen-bond donors (Lipinski definition) is 0. The standard InChI is InChI=1S/C21H21F2N3O4S/c1-13-9-15(25-30-13)12-31-19-16(5-4-8-24-19)20(27)26(2)11-14-6-7-17(29-21(22)23)18(10-14)28-3/h4-10,21H,11-12H2,1-3H3. The third-order valence-corrected chi connectivity index (χ3v) is 5.28. The van der Waals surface area contributed by atoms with Gasteiger partial charge in [0.15, 0.2) is 11.5 Å². The van der Waals surface area contributed by atoms with E-state index in [1.807, 2.05) is 13.0 Å². The van der Waals surface area contributed by atoms with Crippen LogP contribution in [0.4, 0.5) is 8.78 Å². The van der Waals surface area contributed by atoms with Gasteiger partial charge in [0.05, 0.1) is 18.4 Å². The van der Waals surface area contributed by atoms with E-state index in [4.69, 9.17) is 9.26 Å². The Morgan fingerprint density at radius 1 is 1.26 bits per heavy atom. The number of carbonyl (C=O) groups is 1. The summed E-state index contributed by atoms with van der Waals surface area (Å²) in [6.45, 7) is -0.898. The monoisotopic (exact) mass is 449 g/mol. The van der Waals surface area contributed by atoms with Gasteiger partial charge in [-0.2, -0.15) is 8.78 Å². The molecule has 0 atom stereocenters. The fraction of sp³-hybridized carbons (Fsp3) is 0.286. The van der Waals surface area contributed by atoms with Crippen molar-refractivity contribution in [3.8, 4) is 11.5 Å². The first-order valence-corrected chi connectivity index (χ1v) is 10.2. The smallest absolute Gasteiger partial charge is 0.387 e. The van der Waals surface area contributed by atoms with Gasteiger partial charge in [0.2, 0.25) is 0 Å². The number of thioether (sulfide) groups is 1. The fourth-order valence-electron chi connectivity index (χ4n) is 2.85. The Kier molecular flexibility index (Phi) is 7.45. The Morgan fingerprint density at radius 2 is 2.06 bits per heavy atom. The van der Waals surface area contributed by atoms with E-state index in [1.54, 1.807) is 37.5 Å². The molecule has 0 saturated heterocycles. The van der Waals surface area contributed by atoms with Crippen LogP contribution >= 0.6 is 11.8 Å². The highest BCUT2D eigenvalue weighted by Crippen LogP contribution is 2.30. The highest BCUT2D eigenvalue weighted by atomic mass is 32.2. The number of methoxy groups -OCH3 is 1. The molecule has 2 heterocycles. The molecular weight excluding hydrogens is 428 g/mol. The zero-order chi connectivity index (χ0) is 22.4. The van der Waals surface area contributed by atoms with E-state index in [2.05, 4.69) is 14.9 Å². The first-order chi connectivity index (χ1) is 14.9. The molecule has 7 nitrogen and oxygen atoms in total. The molecule has 1 aromatic carbocycles. The number of carbonyl (C=O) groups excluding carboxylic acids is 1. The van der Waals surface area contributed by atoms with Crippen LogP contribution in [-0.2, 0) is 12.3 Å². The highest BCUT2D eigenvalue weighted by Gasteiger charge is 2.19. The van der Waals surface area contributed by atoms with Gasteiger partial charge in [0, 0.05) is 31.6 Å². The van der Waals surface area contributed by atoms with Gasteiger partial charge in [0.25, 0.3) is 5.91 Å². The quantitative estimate of drug-likeness (QED) is 0.444. The van der Waals surface area contributed by atoms with Gasteiger partial charge in [-0.3, -0.25) is 4.79 Å². The summed E-state index contributed by atoms with van der Waals surface area (Å²) in [6.07, 6.45) is 1.62. The lowest BCUT2D eigenvalue weighted by atomic mass is 10.1. The summed E-state index contributed by atoms with van der Waals surface area (Å²) in [5, 5.41) is 4.53. The van der Waals surface area contributed by atoms with Gasteiger partial charge >= 0.3 is 6.61 Å². The van der Waals surface area contributed by atoms with E-state index in [9.17, 15) is 13.6 Å². The minimum Gasteiger partial charge on any atom is -0.493 e. The highest BCUT2D eigenvalue weighted by molar-refractivity contribution is 7.98. The van der Waals surface area contributed by atoms with Crippen molar-refractivity contribution in [3.63, 3.8) is 0 Å². The molecule has 0 fully saturated rings. The second-order valence-corrected chi connectivity index (χ2v) is 7.56. The lowest BCUT2D eigenvalue weighted by Crippen LogP contribution is -2.27. The number of aromatic nitrogens is 2. The number of halogens is 2. The maximum absolute atomic E-state index is 13.0. The van der Waals surface area contributed by atoms with E-state index in [0.717, 1.165) is 5.69 Å². The molecule has 3 aromatic rings. The number of amides is 1. The Bertz CT molecular complexity index is 1040. The molecule has 164 valence electrons. The van der Waals surface area contributed by atoms with Crippen molar-refractivity contribution in [1.29, 1.82) is 0 Å². The van der Waals surface area contributed by atoms with Crippen LogP contribution in [0.1, 0.15) is 27.4 Å². The number of benzene rings is 1. The van der Waals surface area contributed by atoms with Crippen molar-refractivity contribution in [2.24, 2.45) is 0 Å². The van der Waals surface area contributed by atoms with E-state index in [0.29, 0.717) is 27.7 Å². The average molecular weight is 449 g/mol. The van der Waals surface area contributed by atoms with E-state index < -0.39 is 6.61 Å². The number of ether oxygens (including phenoxy) is 2. The molecule has 0 aliphatic carbocycles. The number of rotatable bonds is 9. The summed E-state index contributed by atoms with van der Waals surface area (Å²) in [4.78, 5) is 18.9. The number of nitrogens with zero attached hydrogens (tertiary/aromatic N) is 3. The molecule has 31 heavy (non-hydrogen) atoms. The molecule has 0 unspecified atom stereocenters. The van der Waals surface area contributed by atoms with Crippen LogP contribution in [0.5, 0.6) is 11.5 Å². The molecule has 1 amide bonds. The molecule has 2 aromatic heterocycles. The van der Waals surface area contributed by atoms with Gasteiger partial charge in [-0.25, -0.2) is 4.98 Å². The van der Waals surface area contributed by atoms with E-state index >= 15 is 0 Å². The number of hydrogen-bond acceptors (Lipinski definition) is 7. The second-order valence-electron chi connectivity index (χ2n) is 6.60. The predicted octanol–water partition coefficient (Wildman–Crippen LogP) is 4.55. The molecule has 3 rings (SSSR count). The second kappa shape index (κ2) is 10.3. The molecule has 0 saturated carbocycles. The summed E-state index contributed by atoms with van der Waals surface area (Å²) in [7, 11) is 3.02. The van der Waals surface area contributed by atoms with Crippen molar-refractivity contribution in [3.05, 3.63) is 65.2 Å². The molecule has 0 aliphatic heterocycles. The van der Waals surface area contributed by atoms with Gasteiger partial charge in [-0.1, -0.05) is 23.0 Å². The van der Waals surface area contributed by atoms with Crippen LogP contribution < -0.4 is 9.47 Å². The van der Waals surface area contributed by atoms with Gasteiger partial charge < -0.3 is 18.9 Å². The third-order valence-electron chi connectivity index (χ3n) is 4.25. The lowest BCUT2D eigenvalue weighted by Gasteiger charge is -2.19. The summed E-state index contributed by atoms with van der Waals surface area (Å²) in [5.41, 5.74) is 1.92. The van der Waals surface area contributed by atoms with E-state index in [1.165, 1.54) is 29.8 Å². The normalized spacial score (nSPS) is 10.9. The number of pyridine rings is 1. The molecule has 0 spiro atoms. The molecule has 0 aliphatic rings. The summed E-state index contributed by atoms with van der Waals surface area (Å²) < 4.78 is 39.6. The molecule has 10 heteroatoms. The minimum absolute atomic E-state index is 0.0655. The minimum atomic E-state index is -2.95. The van der Waals surface area contributed by atoms with Crippen LogP contribution in [0.3, 0.4) is 0 Å². The largest absolute Gasteiger partial charge is 0.493 e. The molecule has 0 N–H and O–H groups in total. The Hall–Kier alpha value is -3.14. The maximum Gasteiger partial charge on any atom is 0.387 e. The topological polar surface area (TPSA) is 77.7 Å². The van der Waals surface area contributed by atoms with Gasteiger partial charge in [0.1, 0.15) is 10.8 Å². The van der Waals surface area contributed by atoms with Crippen molar-refractivity contribution in [2.45, 2.75) is 30.9 Å². The van der Waals surface area contributed by atoms with Crippen LogP contribution in [0, 0.1) is 6.92 Å². The summed E-state index contributed by atoms with van der Waals surface area (Å²) >= 11 is 1.39. The zero-order valence-electron chi connectivity index (χ0n) is 17.2. The van der Waals surface area contributed by atoms with Crippen LogP contribution in [-0.4, -0.2) is 41.7 Å². The van der Waals surface area contributed by atoms with Crippen LogP contribution in [0.25, 0.3) is 0 Å². The van der Waals surface area contributed by atoms with Crippen LogP contribution in [0.15, 0.2) is 52.1 Å². The molecule has 0 bridgehead atoms.